The van der Waals surface area contributed by atoms with Crippen molar-refractivity contribution in [3.63, 3.8) is 0 Å². The molecule has 2 rings (SSSR count). The summed E-state index contributed by atoms with van der Waals surface area (Å²) < 4.78 is 5.65. The van der Waals surface area contributed by atoms with E-state index in [2.05, 4.69) is 31.2 Å². The van der Waals surface area contributed by atoms with Gasteiger partial charge in [-0.15, -0.1) is 11.8 Å². The van der Waals surface area contributed by atoms with Crippen molar-refractivity contribution in [2.75, 3.05) is 12.4 Å². The molecule has 2 aromatic carbocycles. The predicted molar refractivity (Wildman–Crippen MR) is 85.5 cm³/mol. The van der Waals surface area contributed by atoms with E-state index in [-0.39, 0.29) is 0 Å². The maximum absolute atomic E-state index is 10.9. The number of carboxylic acid groups (broad SMARTS) is 1. The van der Waals surface area contributed by atoms with E-state index >= 15 is 0 Å². The van der Waals surface area contributed by atoms with Gasteiger partial charge >= 0.3 is 5.97 Å². The van der Waals surface area contributed by atoms with Crippen LogP contribution >= 0.6 is 11.8 Å². The van der Waals surface area contributed by atoms with Gasteiger partial charge in [0.05, 0.1) is 12.2 Å². The molecule has 0 saturated carbocycles. The summed E-state index contributed by atoms with van der Waals surface area (Å²) in [5.74, 6) is 0.652. The Morgan fingerprint density at radius 1 is 1.14 bits per heavy atom. The number of hydrogen-bond donors (Lipinski definition) is 1. The normalized spacial score (nSPS) is 10.4. The molecule has 0 aliphatic carbocycles. The van der Waals surface area contributed by atoms with Gasteiger partial charge in [0.15, 0.2) is 0 Å². The Morgan fingerprint density at radius 2 is 1.86 bits per heavy atom. The third kappa shape index (κ3) is 4.53. The predicted octanol–water partition coefficient (Wildman–Crippen LogP) is 4.17. The minimum absolute atomic E-state index is 0.316. The highest BCUT2D eigenvalue weighted by Crippen LogP contribution is 2.20. The molecule has 0 atom stereocenters. The number of benzene rings is 2. The number of carbonyl (C=O) groups is 1. The van der Waals surface area contributed by atoms with Crippen LogP contribution in [-0.2, 0) is 0 Å². The van der Waals surface area contributed by atoms with Crippen LogP contribution in [0.3, 0.4) is 0 Å². The van der Waals surface area contributed by atoms with Crippen molar-refractivity contribution in [2.45, 2.75) is 18.7 Å². The number of thioether (sulfide) groups is 1. The van der Waals surface area contributed by atoms with E-state index in [4.69, 9.17) is 9.84 Å². The average Bonchev–Trinajstić information content (AvgIpc) is 2.45. The van der Waals surface area contributed by atoms with Crippen molar-refractivity contribution in [2.24, 2.45) is 0 Å². The first-order valence-electron chi connectivity index (χ1n) is 6.72. The summed E-state index contributed by atoms with van der Waals surface area (Å²) in [6.45, 7) is 4.43. The van der Waals surface area contributed by atoms with E-state index in [0.29, 0.717) is 23.5 Å². The molecule has 21 heavy (non-hydrogen) atoms. The van der Waals surface area contributed by atoms with Gasteiger partial charge in [-0.1, -0.05) is 17.7 Å². The molecule has 0 spiro atoms. The zero-order chi connectivity index (χ0) is 15.2. The lowest BCUT2D eigenvalue weighted by molar-refractivity contribution is 0.0696. The molecule has 0 saturated heterocycles. The van der Waals surface area contributed by atoms with Crippen molar-refractivity contribution in [3.05, 3.63) is 59.2 Å². The number of hydrogen-bond acceptors (Lipinski definition) is 3. The summed E-state index contributed by atoms with van der Waals surface area (Å²) in [5.41, 5.74) is 2.28. The van der Waals surface area contributed by atoms with Gasteiger partial charge in [-0.3, -0.25) is 0 Å². The minimum Gasteiger partial charge on any atom is -0.493 e. The number of rotatable bonds is 6. The SMILES string of the molecule is Cc1ccc(SCCOc2ccc(C(=O)O)c(C)c2)cc1. The first kappa shape index (κ1) is 15.4. The standard InChI is InChI=1S/C17H18O3S/c1-12-3-6-15(7-4-12)21-10-9-20-14-5-8-16(17(18)19)13(2)11-14/h3-8,11H,9-10H2,1-2H3,(H,18,19). The van der Waals surface area contributed by atoms with Crippen molar-refractivity contribution in [1.82, 2.24) is 0 Å². The first-order chi connectivity index (χ1) is 10.1. The van der Waals surface area contributed by atoms with Crippen molar-refractivity contribution in [3.8, 4) is 5.75 Å². The van der Waals surface area contributed by atoms with Crippen molar-refractivity contribution >= 4 is 17.7 Å². The summed E-state index contributed by atoms with van der Waals surface area (Å²) in [5, 5.41) is 8.97. The highest BCUT2D eigenvalue weighted by molar-refractivity contribution is 7.99. The Bertz CT molecular complexity index is 620. The second-order valence-electron chi connectivity index (χ2n) is 4.79. The fourth-order valence-corrected chi connectivity index (χ4v) is 2.65. The smallest absolute Gasteiger partial charge is 0.335 e. The molecular formula is C17H18O3S. The molecule has 0 bridgehead atoms. The van der Waals surface area contributed by atoms with E-state index in [1.807, 2.05) is 0 Å². The summed E-state index contributed by atoms with van der Waals surface area (Å²) in [6.07, 6.45) is 0. The molecule has 3 nitrogen and oxygen atoms in total. The molecular weight excluding hydrogens is 284 g/mol. The summed E-state index contributed by atoms with van der Waals surface area (Å²) >= 11 is 1.74. The molecule has 2 aromatic rings. The lowest BCUT2D eigenvalue weighted by Crippen LogP contribution is -2.03. The number of carboxylic acids is 1. The lowest BCUT2D eigenvalue weighted by atomic mass is 10.1. The van der Waals surface area contributed by atoms with Crippen LogP contribution in [0, 0.1) is 13.8 Å². The van der Waals surface area contributed by atoms with Crippen LogP contribution < -0.4 is 4.74 Å². The average molecular weight is 302 g/mol. The Balaban J connectivity index is 1.82. The molecule has 1 N–H and O–H groups in total. The van der Waals surface area contributed by atoms with Crippen LogP contribution in [0.15, 0.2) is 47.4 Å². The topological polar surface area (TPSA) is 46.5 Å². The van der Waals surface area contributed by atoms with Gasteiger partial charge in [0.1, 0.15) is 5.75 Å². The third-order valence-electron chi connectivity index (χ3n) is 3.07. The van der Waals surface area contributed by atoms with E-state index in [0.717, 1.165) is 5.75 Å². The second-order valence-corrected chi connectivity index (χ2v) is 5.96. The van der Waals surface area contributed by atoms with Crippen LogP contribution in [0.25, 0.3) is 0 Å². The molecule has 0 aliphatic rings. The van der Waals surface area contributed by atoms with Crippen LogP contribution in [0.2, 0.25) is 0 Å². The van der Waals surface area contributed by atoms with Gasteiger partial charge in [0.2, 0.25) is 0 Å². The number of ether oxygens (including phenoxy) is 1. The van der Waals surface area contributed by atoms with Gasteiger partial charge in [-0.05, 0) is 49.7 Å². The number of aryl methyl sites for hydroxylation is 2. The Hall–Kier alpha value is -1.94. The highest BCUT2D eigenvalue weighted by atomic mass is 32.2. The molecule has 0 aromatic heterocycles. The van der Waals surface area contributed by atoms with E-state index in [1.54, 1.807) is 36.9 Å². The van der Waals surface area contributed by atoms with Crippen LogP contribution in [0.4, 0.5) is 0 Å². The maximum atomic E-state index is 10.9. The largest absolute Gasteiger partial charge is 0.493 e. The van der Waals surface area contributed by atoms with Gasteiger partial charge in [0, 0.05) is 10.6 Å². The fourth-order valence-electron chi connectivity index (χ4n) is 1.92. The van der Waals surface area contributed by atoms with Gasteiger partial charge in [-0.2, -0.15) is 0 Å². The molecule has 0 fully saturated rings. The first-order valence-corrected chi connectivity index (χ1v) is 7.71. The fraction of sp³-hybridized carbons (Fsp3) is 0.235. The van der Waals surface area contributed by atoms with E-state index in [9.17, 15) is 4.79 Å². The Morgan fingerprint density at radius 3 is 2.48 bits per heavy atom. The monoisotopic (exact) mass is 302 g/mol. The van der Waals surface area contributed by atoms with Gasteiger partial charge in [0.25, 0.3) is 0 Å². The zero-order valence-electron chi connectivity index (χ0n) is 12.1. The third-order valence-corrected chi connectivity index (χ3v) is 4.05. The van der Waals surface area contributed by atoms with Crippen molar-refractivity contribution < 1.29 is 14.6 Å². The van der Waals surface area contributed by atoms with Crippen LogP contribution in [0.5, 0.6) is 5.75 Å². The molecule has 0 unspecified atom stereocenters. The summed E-state index contributed by atoms with van der Waals surface area (Å²) in [7, 11) is 0. The molecule has 0 aliphatic heterocycles. The zero-order valence-corrected chi connectivity index (χ0v) is 12.9. The number of aromatic carboxylic acids is 1. The van der Waals surface area contributed by atoms with Crippen LogP contribution in [0.1, 0.15) is 21.5 Å². The summed E-state index contributed by atoms with van der Waals surface area (Å²) in [4.78, 5) is 12.2. The van der Waals surface area contributed by atoms with E-state index in [1.165, 1.54) is 10.5 Å². The second kappa shape index (κ2) is 7.18. The van der Waals surface area contributed by atoms with Crippen molar-refractivity contribution in [1.29, 1.82) is 0 Å². The van der Waals surface area contributed by atoms with Gasteiger partial charge < -0.3 is 9.84 Å². The lowest BCUT2D eigenvalue weighted by Gasteiger charge is -2.08. The molecule has 0 amide bonds. The summed E-state index contributed by atoms with van der Waals surface area (Å²) in [6, 6.07) is 13.4. The quantitative estimate of drug-likeness (QED) is 0.642. The van der Waals surface area contributed by atoms with Gasteiger partial charge in [-0.25, -0.2) is 4.79 Å². The Labute approximate surface area is 129 Å². The maximum Gasteiger partial charge on any atom is 0.335 e. The molecule has 4 heteroatoms. The highest BCUT2D eigenvalue weighted by Gasteiger charge is 2.07. The van der Waals surface area contributed by atoms with Crippen LogP contribution in [-0.4, -0.2) is 23.4 Å². The Kier molecular flexibility index (Phi) is 5.28. The molecule has 0 radical (unpaired) electrons. The molecule has 0 heterocycles. The minimum atomic E-state index is -0.908. The molecule has 110 valence electrons. The van der Waals surface area contributed by atoms with E-state index < -0.39 is 5.97 Å².